The molecular weight excluding hydrogens is 386 g/mol. The number of hydrogen-bond donors (Lipinski definition) is 2. The van der Waals surface area contributed by atoms with Crippen molar-refractivity contribution < 1.29 is 13.2 Å². The molecule has 154 valence electrons. The van der Waals surface area contributed by atoms with Crippen LogP contribution in [0.1, 0.15) is 37.7 Å². The minimum Gasteiger partial charge on any atom is -0.370 e. The Morgan fingerprint density at radius 2 is 1.69 bits per heavy atom. The number of carbonyl (C=O) groups excluding carboxylic acids is 1. The highest BCUT2D eigenvalue weighted by molar-refractivity contribution is 7.89. The van der Waals surface area contributed by atoms with Gasteiger partial charge in [-0.3, -0.25) is 4.79 Å². The van der Waals surface area contributed by atoms with Crippen LogP contribution in [0.4, 0.5) is 11.4 Å². The summed E-state index contributed by atoms with van der Waals surface area (Å²) in [6.45, 7) is 2.05. The molecule has 0 bridgehead atoms. The second-order valence-electron chi connectivity index (χ2n) is 7.80. The average Bonchev–Trinajstić information content (AvgIpc) is 3.34. The number of hydrogen-bond acceptors (Lipinski definition) is 4. The van der Waals surface area contributed by atoms with Crippen molar-refractivity contribution in [2.24, 2.45) is 0 Å². The van der Waals surface area contributed by atoms with Crippen molar-refractivity contribution in [3.05, 3.63) is 54.1 Å². The fourth-order valence-corrected chi connectivity index (χ4v) is 4.91. The minimum atomic E-state index is -3.43. The van der Waals surface area contributed by atoms with Crippen molar-refractivity contribution in [3.63, 3.8) is 0 Å². The topological polar surface area (TPSA) is 78.5 Å². The first-order chi connectivity index (χ1) is 14.0. The van der Waals surface area contributed by atoms with Gasteiger partial charge in [-0.1, -0.05) is 24.3 Å². The molecule has 2 aliphatic rings. The lowest BCUT2D eigenvalue weighted by Gasteiger charge is -2.21. The highest BCUT2D eigenvalue weighted by Gasteiger charge is 2.27. The van der Waals surface area contributed by atoms with Crippen LogP contribution in [0.3, 0.4) is 0 Å². The third-order valence-electron chi connectivity index (χ3n) is 5.40. The average molecular weight is 414 g/mol. The van der Waals surface area contributed by atoms with E-state index in [4.69, 9.17) is 0 Å². The van der Waals surface area contributed by atoms with Crippen molar-refractivity contribution in [1.82, 2.24) is 4.72 Å². The third-order valence-corrected chi connectivity index (χ3v) is 6.93. The van der Waals surface area contributed by atoms with E-state index in [1.165, 1.54) is 12.8 Å². The van der Waals surface area contributed by atoms with E-state index in [1.807, 2.05) is 18.2 Å². The van der Waals surface area contributed by atoms with Crippen molar-refractivity contribution >= 4 is 27.3 Å². The molecule has 0 radical (unpaired) electrons. The summed E-state index contributed by atoms with van der Waals surface area (Å²) in [7, 11) is -3.43. The predicted octanol–water partition coefficient (Wildman–Crippen LogP) is 3.30. The van der Waals surface area contributed by atoms with Crippen LogP contribution in [0.25, 0.3) is 0 Å². The maximum absolute atomic E-state index is 12.5. The second-order valence-corrected chi connectivity index (χ2v) is 9.51. The first-order valence-corrected chi connectivity index (χ1v) is 11.7. The van der Waals surface area contributed by atoms with Crippen molar-refractivity contribution in [2.45, 2.75) is 49.5 Å². The molecule has 2 fully saturated rings. The van der Waals surface area contributed by atoms with Gasteiger partial charge in [-0.2, -0.15) is 0 Å². The van der Waals surface area contributed by atoms with Gasteiger partial charge in [-0.05, 0) is 61.9 Å². The number of rotatable bonds is 8. The maximum atomic E-state index is 12.5. The van der Waals surface area contributed by atoms with Crippen LogP contribution in [-0.2, 0) is 21.2 Å². The lowest BCUT2D eigenvalue weighted by atomic mass is 10.1. The van der Waals surface area contributed by atoms with E-state index < -0.39 is 10.0 Å². The Morgan fingerprint density at radius 1 is 1.00 bits per heavy atom. The van der Waals surface area contributed by atoms with Gasteiger partial charge in [0.2, 0.25) is 15.9 Å². The molecule has 0 aromatic heterocycles. The lowest BCUT2D eigenvalue weighted by molar-refractivity contribution is -0.116. The largest absolute Gasteiger partial charge is 0.370 e. The Morgan fingerprint density at radius 3 is 2.38 bits per heavy atom. The van der Waals surface area contributed by atoms with Gasteiger partial charge in [-0.15, -0.1) is 0 Å². The molecule has 6 nitrogen and oxygen atoms in total. The Bertz CT molecular complexity index is 963. The number of carbonyl (C=O) groups is 1. The summed E-state index contributed by atoms with van der Waals surface area (Å²) in [5.74, 6) is -0.0382. The number of amides is 1. The fraction of sp³-hybridized carbons (Fsp3) is 0.409. The summed E-state index contributed by atoms with van der Waals surface area (Å²) in [4.78, 5) is 15.1. The summed E-state index contributed by atoms with van der Waals surface area (Å²) in [5, 5.41) is 3.04. The van der Waals surface area contributed by atoms with E-state index in [2.05, 4.69) is 21.0 Å². The first kappa shape index (κ1) is 19.9. The number of nitrogens with one attached hydrogen (secondary N) is 2. The van der Waals surface area contributed by atoms with Gasteiger partial charge >= 0.3 is 0 Å². The smallest absolute Gasteiger partial charge is 0.240 e. The van der Waals surface area contributed by atoms with Crippen molar-refractivity contribution in [3.8, 4) is 0 Å². The van der Waals surface area contributed by atoms with E-state index in [-0.39, 0.29) is 16.8 Å². The number of benzene rings is 2. The molecule has 1 amide bonds. The van der Waals surface area contributed by atoms with Crippen molar-refractivity contribution in [1.29, 1.82) is 0 Å². The van der Waals surface area contributed by atoms with Crippen molar-refractivity contribution in [2.75, 3.05) is 23.3 Å². The van der Waals surface area contributed by atoms with Crippen LogP contribution < -0.4 is 14.9 Å². The number of nitrogens with zero attached hydrogens (tertiary/aromatic N) is 1. The lowest BCUT2D eigenvalue weighted by Crippen LogP contribution is -2.25. The molecule has 0 spiro atoms. The normalized spacial score (nSPS) is 16.8. The predicted molar refractivity (Wildman–Crippen MR) is 115 cm³/mol. The summed E-state index contributed by atoms with van der Waals surface area (Å²) >= 11 is 0. The quantitative estimate of drug-likeness (QED) is 0.696. The SMILES string of the molecule is O=C(CCc1ccc(S(=O)(=O)NC2CC2)cc1)Nc1ccccc1N1CCCC1. The summed E-state index contributed by atoms with van der Waals surface area (Å²) in [6, 6.07) is 14.8. The fourth-order valence-electron chi connectivity index (χ4n) is 3.61. The van der Waals surface area contributed by atoms with Gasteiger partial charge in [0, 0.05) is 25.6 Å². The number of anilines is 2. The molecule has 2 N–H and O–H groups in total. The van der Waals surface area contributed by atoms with E-state index in [1.54, 1.807) is 24.3 Å². The van der Waals surface area contributed by atoms with Crippen LogP contribution in [0, 0.1) is 0 Å². The molecule has 2 aromatic carbocycles. The van der Waals surface area contributed by atoms with Crippen LogP contribution in [0.15, 0.2) is 53.4 Å². The monoisotopic (exact) mass is 413 g/mol. The van der Waals surface area contributed by atoms with Crippen LogP contribution in [0.2, 0.25) is 0 Å². The van der Waals surface area contributed by atoms with Gasteiger partial charge in [0.15, 0.2) is 0 Å². The molecule has 0 unspecified atom stereocenters. The number of para-hydroxylation sites is 2. The van der Waals surface area contributed by atoms with Gasteiger partial charge in [0.05, 0.1) is 16.3 Å². The maximum Gasteiger partial charge on any atom is 0.240 e. The van der Waals surface area contributed by atoms with Crippen LogP contribution in [-0.4, -0.2) is 33.5 Å². The van der Waals surface area contributed by atoms with E-state index in [0.717, 1.165) is 42.9 Å². The zero-order valence-corrected chi connectivity index (χ0v) is 17.2. The van der Waals surface area contributed by atoms with Crippen LogP contribution in [0.5, 0.6) is 0 Å². The van der Waals surface area contributed by atoms with E-state index in [9.17, 15) is 13.2 Å². The number of aryl methyl sites for hydroxylation is 1. The Hall–Kier alpha value is -2.38. The van der Waals surface area contributed by atoms with E-state index in [0.29, 0.717) is 12.8 Å². The third kappa shape index (κ3) is 5.16. The van der Waals surface area contributed by atoms with Gasteiger partial charge < -0.3 is 10.2 Å². The molecule has 1 heterocycles. The summed E-state index contributed by atoms with van der Waals surface area (Å²) in [6.07, 6.45) is 5.10. The molecule has 1 saturated carbocycles. The molecule has 1 aliphatic heterocycles. The van der Waals surface area contributed by atoms with E-state index >= 15 is 0 Å². The Kier molecular flexibility index (Phi) is 5.87. The molecule has 2 aromatic rings. The molecule has 29 heavy (non-hydrogen) atoms. The molecule has 4 rings (SSSR count). The zero-order chi connectivity index (χ0) is 20.3. The molecule has 7 heteroatoms. The molecule has 1 saturated heterocycles. The Labute approximate surface area is 172 Å². The Balaban J connectivity index is 1.33. The number of sulfonamides is 1. The first-order valence-electron chi connectivity index (χ1n) is 10.3. The minimum absolute atomic E-state index is 0.0382. The van der Waals surface area contributed by atoms with Crippen LogP contribution >= 0.6 is 0 Å². The molecular formula is C22H27N3O3S. The van der Waals surface area contributed by atoms with Gasteiger partial charge in [0.1, 0.15) is 0 Å². The molecule has 1 aliphatic carbocycles. The second kappa shape index (κ2) is 8.55. The standard InChI is InChI=1S/C22H27N3O3S/c26-22(23-20-5-1-2-6-21(20)25-15-3-4-16-25)14-9-17-7-12-19(13-8-17)29(27,28)24-18-10-11-18/h1-2,5-8,12-13,18,24H,3-4,9-11,14-16H2,(H,23,26). The summed E-state index contributed by atoms with van der Waals surface area (Å²) < 4.78 is 27.1. The zero-order valence-electron chi connectivity index (χ0n) is 16.4. The summed E-state index contributed by atoms with van der Waals surface area (Å²) in [5.41, 5.74) is 2.88. The highest BCUT2D eigenvalue weighted by Crippen LogP contribution is 2.28. The molecule has 0 atom stereocenters. The van der Waals surface area contributed by atoms with Gasteiger partial charge in [0.25, 0.3) is 0 Å². The highest BCUT2D eigenvalue weighted by atomic mass is 32.2. The van der Waals surface area contributed by atoms with Gasteiger partial charge in [-0.25, -0.2) is 13.1 Å².